The zero-order valence-electron chi connectivity index (χ0n) is 15.7. The van der Waals surface area contributed by atoms with E-state index in [0.717, 1.165) is 11.1 Å². The predicted octanol–water partition coefficient (Wildman–Crippen LogP) is 3.08. The van der Waals surface area contributed by atoms with Gasteiger partial charge in [0.25, 0.3) is 0 Å². The lowest BCUT2D eigenvalue weighted by atomic mass is 9.76. The Labute approximate surface area is 144 Å². The molecule has 5 heteroatoms. The fourth-order valence-corrected chi connectivity index (χ4v) is 1.91. The third-order valence-corrected chi connectivity index (χ3v) is 4.42. The zero-order valence-corrected chi connectivity index (χ0v) is 15.7. The number of hydrogen-bond donors (Lipinski definition) is 1. The van der Waals surface area contributed by atoms with Gasteiger partial charge in [-0.1, -0.05) is 50.6 Å². The molecule has 0 saturated carbocycles. The number of rotatable bonds is 5. The Bertz CT molecular complexity index is 595. The van der Waals surface area contributed by atoms with Crippen molar-refractivity contribution in [1.29, 1.82) is 0 Å². The molecule has 0 spiro atoms. The second-order valence-electron chi connectivity index (χ2n) is 7.88. The number of aryl methyl sites for hydroxylation is 1. The van der Waals surface area contributed by atoms with Gasteiger partial charge in [0.15, 0.2) is 6.61 Å². The molecule has 1 unspecified atom stereocenters. The first-order valence-electron chi connectivity index (χ1n) is 8.02. The summed E-state index contributed by atoms with van der Waals surface area (Å²) in [5.74, 6) is -1.24. The maximum atomic E-state index is 12.1. The van der Waals surface area contributed by atoms with Crippen molar-refractivity contribution in [1.82, 2.24) is 0 Å². The third kappa shape index (κ3) is 4.81. The summed E-state index contributed by atoms with van der Waals surface area (Å²) in [7, 11) is 0. The summed E-state index contributed by atoms with van der Waals surface area (Å²) in [4.78, 5) is 24.2. The van der Waals surface area contributed by atoms with Crippen molar-refractivity contribution in [2.45, 2.75) is 59.6 Å². The van der Waals surface area contributed by atoms with Gasteiger partial charge in [-0.25, -0.2) is 4.79 Å². The van der Waals surface area contributed by atoms with Gasteiger partial charge in [-0.15, -0.1) is 0 Å². The minimum Gasteiger partial charge on any atom is -0.452 e. The van der Waals surface area contributed by atoms with Crippen LogP contribution in [-0.2, 0) is 24.7 Å². The Hall–Kier alpha value is -1.88. The van der Waals surface area contributed by atoms with Crippen molar-refractivity contribution in [2.75, 3.05) is 6.61 Å². The molecule has 1 rings (SSSR count). The van der Waals surface area contributed by atoms with E-state index in [0.29, 0.717) is 0 Å². The van der Waals surface area contributed by atoms with Gasteiger partial charge >= 0.3 is 11.9 Å². The first-order chi connectivity index (χ1) is 10.8. The molecule has 1 aromatic rings. The molecule has 134 valence electrons. The second kappa shape index (κ2) is 6.93. The Morgan fingerprint density at radius 1 is 1.00 bits per heavy atom. The van der Waals surface area contributed by atoms with Crippen LogP contribution in [0.3, 0.4) is 0 Å². The number of nitrogens with two attached hydrogens (primary N) is 1. The molecule has 0 aliphatic heterocycles. The van der Waals surface area contributed by atoms with Crippen molar-refractivity contribution >= 4 is 11.9 Å². The monoisotopic (exact) mass is 335 g/mol. The highest BCUT2D eigenvalue weighted by molar-refractivity contribution is 5.83. The van der Waals surface area contributed by atoms with Crippen molar-refractivity contribution in [2.24, 2.45) is 11.1 Å². The third-order valence-electron chi connectivity index (χ3n) is 4.42. The first kappa shape index (κ1) is 20.2. The number of carbonyl (C=O) groups is 2. The van der Waals surface area contributed by atoms with Gasteiger partial charge in [0, 0.05) is 0 Å². The summed E-state index contributed by atoms with van der Waals surface area (Å²) in [6, 6.07) is 7.72. The van der Waals surface area contributed by atoms with Crippen LogP contribution >= 0.6 is 0 Å². The topological polar surface area (TPSA) is 78.6 Å². The number of ether oxygens (including phenoxy) is 2. The number of esters is 2. The Morgan fingerprint density at radius 3 is 1.96 bits per heavy atom. The second-order valence-corrected chi connectivity index (χ2v) is 7.88. The summed E-state index contributed by atoms with van der Waals surface area (Å²) < 4.78 is 10.5. The summed E-state index contributed by atoms with van der Waals surface area (Å²) in [5, 5.41) is 0. The van der Waals surface area contributed by atoms with E-state index < -0.39 is 35.1 Å². The quantitative estimate of drug-likeness (QED) is 0.837. The van der Waals surface area contributed by atoms with Gasteiger partial charge in [0.1, 0.15) is 11.1 Å². The number of benzene rings is 1. The van der Waals surface area contributed by atoms with E-state index in [1.54, 1.807) is 20.8 Å². The molecular formula is C19H29NO4. The first-order valence-corrected chi connectivity index (χ1v) is 8.02. The lowest BCUT2D eigenvalue weighted by Crippen LogP contribution is -2.56. The van der Waals surface area contributed by atoms with Crippen LogP contribution in [0.15, 0.2) is 24.3 Å². The Kier molecular flexibility index (Phi) is 5.82. The fraction of sp³-hybridized carbons (Fsp3) is 0.579. The normalized spacial score (nSPS) is 14.7. The highest BCUT2D eigenvalue weighted by Crippen LogP contribution is 2.29. The minimum absolute atomic E-state index is 0.461. The number of hydrogen-bond acceptors (Lipinski definition) is 5. The Balaban J connectivity index is 2.66. The molecule has 24 heavy (non-hydrogen) atoms. The lowest BCUT2D eigenvalue weighted by Gasteiger charge is -2.35. The van der Waals surface area contributed by atoms with Crippen LogP contribution < -0.4 is 5.73 Å². The fourth-order valence-electron chi connectivity index (χ4n) is 1.91. The molecular weight excluding hydrogens is 306 g/mol. The average molecular weight is 335 g/mol. The summed E-state index contributed by atoms with van der Waals surface area (Å²) in [6.45, 7) is 12.2. The van der Waals surface area contributed by atoms with Crippen LogP contribution in [0.4, 0.5) is 0 Å². The van der Waals surface area contributed by atoms with Crippen molar-refractivity contribution < 1.29 is 19.1 Å². The lowest BCUT2D eigenvalue weighted by molar-refractivity contribution is -0.172. The summed E-state index contributed by atoms with van der Waals surface area (Å²) >= 11 is 0. The van der Waals surface area contributed by atoms with Crippen molar-refractivity contribution in [3.05, 3.63) is 35.4 Å². The molecule has 0 aromatic heterocycles. The van der Waals surface area contributed by atoms with Gasteiger partial charge in [0.05, 0.1) is 0 Å². The summed E-state index contributed by atoms with van der Waals surface area (Å²) in [6.07, 6.45) is 0. The minimum atomic E-state index is -1.19. The van der Waals surface area contributed by atoms with E-state index in [2.05, 4.69) is 0 Å². The molecule has 2 N–H and O–H groups in total. The van der Waals surface area contributed by atoms with E-state index in [-0.39, 0.29) is 0 Å². The maximum absolute atomic E-state index is 12.1. The van der Waals surface area contributed by atoms with Gasteiger partial charge in [0.2, 0.25) is 0 Å². The molecule has 1 aromatic carbocycles. The SMILES string of the molecule is Cc1ccc(C(C)(C)OC(=O)COC(=O)C(C)(N)C(C)(C)C)cc1. The number of carbonyl (C=O) groups excluding carboxylic acids is 2. The predicted molar refractivity (Wildman–Crippen MR) is 93.3 cm³/mol. The summed E-state index contributed by atoms with van der Waals surface area (Å²) in [5.41, 5.74) is 5.52. The molecule has 1 atom stereocenters. The molecule has 0 amide bonds. The van der Waals surface area contributed by atoms with Crippen molar-refractivity contribution in [3.8, 4) is 0 Å². The van der Waals surface area contributed by atoms with Crippen molar-refractivity contribution in [3.63, 3.8) is 0 Å². The van der Waals surface area contributed by atoms with Gasteiger partial charge in [-0.3, -0.25) is 4.79 Å². The van der Waals surface area contributed by atoms with Gasteiger partial charge < -0.3 is 15.2 Å². The average Bonchev–Trinajstić information content (AvgIpc) is 2.43. The van der Waals surface area contributed by atoms with Gasteiger partial charge in [-0.2, -0.15) is 0 Å². The van der Waals surface area contributed by atoms with Crippen LogP contribution in [0.25, 0.3) is 0 Å². The van der Waals surface area contributed by atoms with E-state index in [4.69, 9.17) is 15.2 Å². The van der Waals surface area contributed by atoms with Crippen LogP contribution in [0, 0.1) is 12.3 Å². The Morgan fingerprint density at radius 2 is 1.50 bits per heavy atom. The molecule has 0 bridgehead atoms. The van der Waals surface area contributed by atoms with E-state index in [9.17, 15) is 9.59 Å². The largest absolute Gasteiger partial charge is 0.452 e. The standard InChI is InChI=1S/C19H29NO4/c1-13-8-10-14(11-9-13)18(5,6)24-15(21)12-23-16(22)19(7,20)17(2,3)4/h8-11H,12,20H2,1-7H3. The van der Waals surface area contributed by atoms with E-state index in [1.807, 2.05) is 52.0 Å². The van der Waals surface area contributed by atoms with E-state index >= 15 is 0 Å². The molecule has 0 saturated heterocycles. The van der Waals surface area contributed by atoms with E-state index in [1.165, 1.54) is 0 Å². The molecule has 0 aliphatic carbocycles. The zero-order chi connectivity index (χ0) is 18.8. The maximum Gasteiger partial charge on any atom is 0.345 e. The molecule has 0 fully saturated rings. The van der Waals surface area contributed by atoms with Crippen LogP contribution in [0.5, 0.6) is 0 Å². The molecule has 0 aliphatic rings. The molecule has 5 nitrogen and oxygen atoms in total. The van der Waals surface area contributed by atoms with Crippen LogP contribution in [0.2, 0.25) is 0 Å². The molecule has 0 radical (unpaired) electrons. The van der Waals surface area contributed by atoms with Crippen LogP contribution in [0.1, 0.15) is 52.7 Å². The highest BCUT2D eigenvalue weighted by Gasteiger charge is 2.42. The molecule has 0 heterocycles. The van der Waals surface area contributed by atoms with Gasteiger partial charge in [-0.05, 0) is 38.7 Å². The van der Waals surface area contributed by atoms with Crippen LogP contribution in [-0.4, -0.2) is 24.1 Å². The smallest absolute Gasteiger partial charge is 0.345 e. The highest BCUT2D eigenvalue weighted by atomic mass is 16.6.